The van der Waals surface area contributed by atoms with E-state index < -0.39 is 36.7 Å². The molecular weight excluding hydrogens is 461 g/mol. The summed E-state index contributed by atoms with van der Waals surface area (Å²) in [5.74, 6) is -3.06. The lowest BCUT2D eigenvalue weighted by molar-refractivity contribution is 0.0632. The third kappa shape index (κ3) is 4.41. The van der Waals surface area contributed by atoms with Gasteiger partial charge in [0.2, 0.25) is 0 Å². The number of phosphoric acid groups is 1. The summed E-state index contributed by atoms with van der Waals surface area (Å²) in [5, 5.41) is 21.3. The molecule has 2 heterocycles. The highest BCUT2D eigenvalue weighted by atomic mass is 35.5. The summed E-state index contributed by atoms with van der Waals surface area (Å²) in [7, 11) is -3.39. The Balaban J connectivity index is 2.10. The van der Waals surface area contributed by atoms with Crippen LogP contribution in [0.2, 0.25) is 5.02 Å². The molecule has 1 aliphatic heterocycles. The number of likely N-dealkylation sites (N-methyl/N-ethyl adjacent to an activating group) is 1. The zero-order chi connectivity index (χ0) is 24.1. The van der Waals surface area contributed by atoms with E-state index >= 15 is 0 Å². The summed E-state index contributed by atoms with van der Waals surface area (Å²) in [6, 6.07) is 8.51. The van der Waals surface area contributed by atoms with E-state index in [9.17, 15) is 29.4 Å². The number of likely N-dealkylation sites (tertiary alicyclic amines) is 1. The van der Waals surface area contributed by atoms with E-state index in [1.165, 1.54) is 0 Å². The maximum absolute atomic E-state index is 13.0. The molecule has 0 spiro atoms. The van der Waals surface area contributed by atoms with Crippen molar-refractivity contribution in [2.45, 2.75) is 18.4 Å². The molecule has 32 heavy (non-hydrogen) atoms. The molecule has 0 amide bonds. The van der Waals surface area contributed by atoms with E-state index in [-0.39, 0.29) is 40.3 Å². The second kappa shape index (κ2) is 8.51. The minimum absolute atomic E-state index is 0.0121. The number of rotatable bonds is 4. The van der Waals surface area contributed by atoms with E-state index in [2.05, 4.69) is 0 Å². The molecule has 9 nitrogen and oxygen atoms in total. The summed E-state index contributed by atoms with van der Waals surface area (Å²) in [4.78, 5) is 33.6. The van der Waals surface area contributed by atoms with E-state index in [0.29, 0.717) is 12.1 Å². The molecule has 170 valence electrons. The number of benzene rings is 2. The van der Waals surface area contributed by atoms with Gasteiger partial charge >= 0.3 is 7.82 Å². The number of aliphatic hydroxyl groups excluding tert-OH is 1. The number of aliphatic hydroxyl groups is 1. The Bertz CT molecular complexity index is 1340. The Hall–Kier alpha value is -2.39. The number of hydrogen-bond acceptors (Lipinski definition) is 7. The molecular formula is C21H21ClNO8P. The van der Waals surface area contributed by atoms with Gasteiger partial charge in [0.1, 0.15) is 28.2 Å². The first kappa shape index (κ1) is 21.5. The van der Waals surface area contributed by atoms with Gasteiger partial charge in [-0.25, -0.2) is 4.57 Å². The van der Waals surface area contributed by atoms with Crippen molar-refractivity contribution in [1.29, 1.82) is 0 Å². The molecule has 1 aliphatic rings. The maximum Gasteiger partial charge on any atom is 0.524 e. The van der Waals surface area contributed by atoms with Crippen LogP contribution in [0.25, 0.3) is 22.3 Å². The predicted octanol–water partition coefficient (Wildman–Crippen LogP) is 3.07. The highest BCUT2D eigenvalue weighted by molar-refractivity contribution is 7.46. The molecule has 1 saturated heterocycles. The van der Waals surface area contributed by atoms with Crippen LogP contribution in [0.4, 0.5) is 0 Å². The van der Waals surface area contributed by atoms with Crippen LogP contribution in [0.15, 0.2) is 45.6 Å². The number of phosphoric ester groups is 1. The molecule has 4 rings (SSSR count). The van der Waals surface area contributed by atoms with Crippen LogP contribution >= 0.6 is 19.4 Å². The van der Waals surface area contributed by atoms with Crippen LogP contribution in [0, 0.1) is 0 Å². The fourth-order valence-electron chi connectivity index (χ4n) is 3.86. The normalized spacial score (nSPS) is 22.7. The summed E-state index contributed by atoms with van der Waals surface area (Å²) in [5.41, 5.74) is -0.878. The predicted molar refractivity (Wildman–Crippen MR) is 118 cm³/mol. The van der Waals surface area contributed by atoms with Gasteiger partial charge in [-0.3, -0.25) is 14.6 Å². The number of piperidine rings is 1. The van der Waals surface area contributed by atoms with Gasteiger partial charge in [0.05, 0.1) is 11.1 Å². The SMILES string of the molecule is [2H]C1(c2c(OP(=O)(O)O)cc(O)c3c(=O)cc(-c4ccccc4Cl)oc23)CCN(C)CC1O. The minimum atomic E-state index is -5.14. The van der Waals surface area contributed by atoms with Gasteiger partial charge in [0.15, 0.2) is 5.43 Å². The van der Waals surface area contributed by atoms with Gasteiger partial charge < -0.3 is 24.1 Å². The Labute approximate surface area is 189 Å². The lowest BCUT2D eigenvalue weighted by atomic mass is 9.85. The van der Waals surface area contributed by atoms with E-state index in [0.717, 1.165) is 12.1 Å². The Morgan fingerprint density at radius 1 is 1.31 bits per heavy atom. The lowest BCUT2D eigenvalue weighted by Crippen LogP contribution is -2.40. The topological polar surface area (TPSA) is 141 Å². The van der Waals surface area contributed by atoms with Crippen molar-refractivity contribution in [3.63, 3.8) is 0 Å². The molecule has 0 saturated carbocycles. The first-order chi connectivity index (χ1) is 15.4. The third-order valence-electron chi connectivity index (χ3n) is 5.27. The summed E-state index contributed by atoms with van der Waals surface area (Å²) >= 11 is 6.25. The zero-order valence-electron chi connectivity index (χ0n) is 17.9. The summed E-state index contributed by atoms with van der Waals surface area (Å²) in [6.45, 7) is 0.447. The van der Waals surface area contributed by atoms with Crippen LogP contribution < -0.4 is 9.95 Å². The molecule has 2 atom stereocenters. The number of hydrogen-bond donors (Lipinski definition) is 4. The standard InChI is InChI=1S/C21H21ClNO8P/c1-23-7-6-12(16(26)10-23)19-18(31-32(27,28)29)9-15(25)20-14(24)8-17(30-21(19)20)11-4-2-3-5-13(11)22/h2-5,8-9,12,16,25-26H,6-7,10H2,1H3,(H2,27,28,29)/i12D. The Morgan fingerprint density at radius 2 is 2.03 bits per heavy atom. The smallest absolute Gasteiger partial charge is 0.507 e. The fourth-order valence-corrected chi connectivity index (χ4v) is 4.49. The number of aromatic hydroxyl groups is 1. The molecule has 1 aromatic heterocycles. The van der Waals surface area contributed by atoms with E-state index in [1.54, 1.807) is 36.2 Å². The van der Waals surface area contributed by atoms with Crippen LogP contribution in [0.3, 0.4) is 0 Å². The number of nitrogens with zero attached hydrogens (tertiary/aromatic N) is 1. The van der Waals surface area contributed by atoms with Crippen molar-refractivity contribution in [1.82, 2.24) is 4.90 Å². The van der Waals surface area contributed by atoms with Crippen molar-refractivity contribution in [2.24, 2.45) is 0 Å². The zero-order valence-corrected chi connectivity index (χ0v) is 18.5. The molecule has 11 heteroatoms. The highest BCUT2D eigenvalue weighted by Gasteiger charge is 2.35. The number of phenols is 1. The molecule has 0 aliphatic carbocycles. The van der Waals surface area contributed by atoms with Gasteiger partial charge in [-0.15, -0.1) is 0 Å². The molecule has 2 aromatic carbocycles. The van der Waals surface area contributed by atoms with Crippen molar-refractivity contribution >= 4 is 30.4 Å². The Kier molecular flexibility index (Phi) is 5.71. The van der Waals surface area contributed by atoms with Gasteiger partial charge in [-0.05, 0) is 32.1 Å². The first-order valence-corrected chi connectivity index (χ1v) is 11.5. The number of fused-ring (bicyclic) bond motifs is 1. The lowest BCUT2D eigenvalue weighted by Gasteiger charge is -2.34. The number of halogens is 1. The maximum atomic E-state index is 13.0. The molecule has 0 radical (unpaired) electrons. The molecule has 2 unspecified atom stereocenters. The largest absolute Gasteiger partial charge is 0.524 e. The van der Waals surface area contributed by atoms with Crippen LogP contribution in [0.5, 0.6) is 11.5 Å². The molecule has 0 bridgehead atoms. The minimum Gasteiger partial charge on any atom is -0.507 e. The van der Waals surface area contributed by atoms with Gasteiger partial charge in [-0.2, -0.15) is 0 Å². The average molecular weight is 483 g/mol. The second-order valence-electron chi connectivity index (χ2n) is 7.56. The number of β-amino-alcohol motifs (C(OH)–C–C–N with tert-alkyl or cyclic N) is 1. The van der Waals surface area contributed by atoms with Gasteiger partial charge in [0.25, 0.3) is 0 Å². The summed E-state index contributed by atoms with van der Waals surface area (Å²) < 4.78 is 31.5. The molecule has 4 N–H and O–H groups in total. The third-order valence-corrected chi connectivity index (χ3v) is 6.04. The van der Waals surface area contributed by atoms with Gasteiger partial charge in [0, 0.05) is 37.1 Å². The van der Waals surface area contributed by atoms with E-state index in [4.69, 9.17) is 21.9 Å². The van der Waals surface area contributed by atoms with Crippen molar-refractivity contribution in [3.05, 3.63) is 57.2 Å². The highest BCUT2D eigenvalue weighted by Crippen LogP contribution is 2.48. The average Bonchev–Trinajstić information content (AvgIpc) is 2.69. The summed E-state index contributed by atoms with van der Waals surface area (Å²) in [6.07, 6.45) is -1.29. The first-order valence-electron chi connectivity index (χ1n) is 10.1. The Morgan fingerprint density at radius 3 is 2.69 bits per heavy atom. The van der Waals surface area contributed by atoms with Crippen LogP contribution in [-0.2, 0) is 4.57 Å². The van der Waals surface area contributed by atoms with Crippen LogP contribution in [-0.4, -0.2) is 51.1 Å². The number of phenolic OH excluding ortho intramolecular Hbond substituents is 1. The van der Waals surface area contributed by atoms with Crippen molar-refractivity contribution in [3.8, 4) is 22.8 Å². The fraction of sp³-hybridized carbons (Fsp3) is 0.286. The molecule has 1 fully saturated rings. The monoisotopic (exact) mass is 482 g/mol. The van der Waals surface area contributed by atoms with Crippen LogP contribution in [0.1, 0.15) is 19.2 Å². The molecule has 3 aromatic rings. The van der Waals surface area contributed by atoms with Crippen molar-refractivity contribution < 1.29 is 34.9 Å². The van der Waals surface area contributed by atoms with Gasteiger partial charge in [-0.1, -0.05) is 23.7 Å². The second-order valence-corrected chi connectivity index (χ2v) is 9.13. The van der Waals surface area contributed by atoms with E-state index in [1.807, 2.05) is 0 Å². The quantitative estimate of drug-likeness (QED) is 0.413. The van der Waals surface area contributed by atoms with Crippen molar-refractivity contribution in [2.75, 3.05) is 20.1 Å².